The topological polar surface area (TPSA) is 101 Å². The molecule has 0 spiro atoms. The molecule has 3 rings (SSSR count). The second-order valence-corrected chi connectivity index (χ2v) is 10.2. The summed E-state index contributed by atoms with van der Waals surface area (Å²) in [6.07, 6.45) is 0. The van der Waals surface area contributed by atoms with Crippen molar-refractivity contribution in [2.45, 2.75) is 18.4 Å². The van der Waals surface area contributed by atoms with Gasteiger partial charge in [-0.3, -0.25) is 13.8 Å². The number of sulfonamides is 1. The zero-order valence-electron chi connectivity index (χ0n) is 16.0. The average Bonchev–Trinajstić information content (AvgIpc) is 2.73. The molecule has 0 bridgehead atoms. The number of hydrogen-bond donors (Lipinski definition) is 1. The number of nitrogens with zero attached hydrogens (tertiary/aromatic N) is 1. The number of ketones is 1. The van der Waals surface area contributed by atoms with Crippen LogP contribution in [0.1, 0.15) is 33.2 Å². The first-order valence-corrected chi connectivity index (χ1v) is 12.1. The van der Waals surface area contributed by atoms with E-state index in [2.05, 4.69) is 4.72 Å². The van der Waals surface area contributed by atoms with Crippen LogP contribution in [0.4, 0.5) is 0 Å². The maximum Gasteiger partial charge on any atom is 0.253 e. The Morgan fingerprint density at radius 1 is 0.966 bits per heavy atom. The molecule has 1 heterocycles. The van der Waals surface area contributed by atoms with Gasteiger partial charge in [-0.25, -0.2) is 13.1 Å². The summed E-state index contributed by atoms with van der Waals surface area (Å²) in [5.74, 6) is 0.756. The molecule has 0 radical (unpaired) electrons. The number of amides is 1. The van der Waals surface area contributed by atoms with E-state index in [0.717, 1.165) is 0 Å². The number of carbonyl (C=O) groups excluding carboxylic acids is 2. The summed E-state index contributed by atoms with van der Waals surface area (Å²) in [6.45, 7) is 2.46. The molecule has 1 N–H and O–H groups in total. The zero-order chi connectivity index (χ0) is 21.0. The maximum atomic E-state index is 12.5. The maximum absolute atomic E-state index is 12.5. The third kappa shape index (κ3) is 5.37. The second kappa shape index (κ2) is 8.98. The van der Waals surface area contributed by atoms with Crippen LogP contribution in [0.5, 0.6) is 0 Å². The van der Waals surface area contributed by atoms with Gasteiger partial charge in [0.25, 0.3) is 5.91 Å². The Morgan fingerprint density at radius 3 is 2.07 bits per heavy atom. The second-order valence-electron chi connectivity index (χ2n) is 6.74. The van der Waals surface area contributed by atoms with Crippen LogP contribution in [-0.2, 0) is 27.4 Å². The highest BCUT2D eigenvalue weighted by Gasteiger charge is 2.21. The summed E-state index contributed by atoms with van der Waals surface area (Å²) in [5, 5.41) is 0. The highest BCUT2D eigenvalue weighted by molar-refractivity contribution is 7.89. The summed E-state index contributed by atoms with van der Waals surface area (Å²) in [5.41, 5.74) is 1.68. The summed E-state index contributed by atoms with van der Waals surface area (Å²) in [7, 11) is -4.56. The van der Waals surface area contributed by atoms with Crippen molar-refractivity contribution in [2.75, 3.05) is 24.6 Å². The Balaban J connectivity index is 1.61. The highest BCUT2D eigenvalue weighted by atomic mass is 32.2. The van der Waals surface area contributed by atoms with Crippen LogP contribution in [-0.4, -0.2) is 53.8 Å². The van der Waals surface area contributed by atoms with E-state index in [1.54, 1.807) is 29.2 Å². The molecule has 1 saturated heterocycles. The summed E-state index contributed by atoms with van der Waals surface area (Å²) >= 11 is 0. The van der Waals surface area contributed by atoms with Gasteiger partial charge in [-0.15, -0.1) is 0 Å². The van der Waals surface area contributed by atoms with Crippen molar-refractivity contribution in [2.24, 2.45) is 0 Å². The average molecular weight is 435 g/mol. The first kappa shape index (κ1) is 21.4. The van der Waals surface area contributed by atoms with E-state index >= 15 is 0 Å². The molecule has 1 aliphatic rings. The molecule has 29 heavy (non-hydrogen) atoms. The lowest BCUT2D eigenvalue weighted by molar-refractivity contribution is 0.0771. The van der Waals surface area contributed by atoms with Crippen LogP contribution >= 0.6 is 0 Å². The van der Waals surface area contributed by atoms with Crippen molar-refractivity contribution in [3.63, 3.8) is 0 Å². The van der Waals surface area contributed by atoms with Crippen LogP contribution in [0.25, 0.3) is 0 Å². The lowest BCUT2D eigenvalue weighted by Crippen LogP contribution is -2.41. The lowest BCUT2D eigenvalue weighted by Gasteiger charge is -2.26. The molecular formula is C20H22N2O5S2. The van der Waals surface area contributed by atoms with E-state index in [1.807, 2.05) is 0 Å². The van der Waals surface area contributed by atoms with E-state index in [0.29, 0.717) is 41.3 Å². The van der Waals surface area contributed by atoms with Gasteiger partial charge >= 0.3 is 0 Å². The number of carbonyl (C=O) groups is 2. The molecule has 2 aromatic carbocycles. The molecule has 0 saturated carbocycles. The molecule has 7 nitrogen and oxygen atoms in total. The predicted octanol–water partition coefficient (Wildman–Crippen LogP) is 1.57. The molecule has 0 atom stereocenters. The predicted molar refractivity (Wildman–Crippen MR) is 111 cm³/mol. The number of Topliss-reactive ketones (excluding diaryl/α,β-unsaturated/α-hetero) is 1. The molecule has 1 amide bonds. The van der Waals surface area contributed by atoms with E-state index in [4.69, 9.17) is 0 Å². The number of rotatable bonds is 6. The van der Waals surface area contributed by atoms with Gasteiger partial charge in [0.15, 0.2) is 5.78 Å². The first-order chi connectivity index (χ1) is 13.8. The minimum Gasteiger partial charge on any atom is -0.337 e. The Bertz CT molecular complexity index is 1020. The van der Waals surface area contributed by atoms with Gasteiger partial charge in [-0.1, -0.05) is 24.3 Å². The Kier molecular flexibility index (Phi) is 6.61. The van der Waals surface area contributed by atoms with E-state index in [-0.39, 0.29) is 23.1 Å². The van der Waals surface area contributed by atoms with Gasteiger partial charge in [-0.05, 0) is 36.8 Å². The highest BCUT2D eigenvalue weighted by Crippen LogP contribution is 2.13. The Morgan fingerprint density at radius 2 is 1.52 bits per heavy atom. The third-order valence-electron chi connectivity index (χ3n) is 4.70. The fourth-order valence-electron chi connectivity index (χ4n) is 2.92. The number of benzene rings is 2. The molecule has 0 aromatic heterocycles. The van der Waals surface area contributed by atoms with E-state index < -0.39 is 20.8 Å². The van der Waals surface area contributed by atoms with Crippen molar-refractivity contribution >= 4 is 32.5 Å². The van der Waals surface area contributed by atoms with Crippen molar-refractivity contribution < 1.29 is 22.2 Å². The minimum atomic E-state index is -3.72. The van der Waals surface area contributed by atoms with Crippen molar-refractivity contribution in [1.82, 2.24) is 9.62 Å². The molecular weight excluding hydrogens is 412 g/mol. The molecule has 0 unspecified atom stereocenters. The van der Waals surface area contributed by atoms with Crippen LogP contribution in [0, 0.1) is 0 Å². The fraction of sp³-hybridized carbons (Fsp3) is 0.300. The van der Waals surface area contributed by atoms with Crippen molar-refractivity contribution in [3.8, 4) is 0 Å². The monoisotopic (exact) mass is 434 g/mol. The standard InChI is InChI=1S/C20H22N2O5S2/c1-15(23)17-6-8-19(9-7-17)29(26,27)21-14-16-2-4-18(5-3-16)20(24)22-10-12-28(25)13-11-22/h2-9,21H,10-14H2,1H3. The smallest absolute Gasteiger partial charge is 0.253 e. The van der Waals surface area contributed by atoms with Gasteiger partial charge in [0, 0.05) is 53.1 Å². The van der Waals surface area contributed by atoms with Crippen LogP contribution in [0.15, 0.2) is 53.4 Å². The number of hydrogen-bond acceptors (Lipinski definition) is 5. The van der Waals surface area contributed by atoms with Gasteiger partial charge in [0.1, 0.15) is 0 Å². The quantitative estimate of drug-likeness (QED) is 0.696. The molecule has 1 fully saturated rings. The molecule has 9 heteroatoms. The van der Waals surface area contributed by atoms with Gasteiger partial charge < -0.3 is 4.90 Å². The van der Waals surface area contributed by atoms with Crippen LogP contribution in [0.2, 0.25) is 0 Å². The van der Waals surface area contributed by atoms with Gasteiger partial charge in [0.2, 0.25) is 10.0 Å². The molecule has 1 aliphatic heterocycles. The number of nitrogens with one attached hydrogen (secondary N) is 1. The SMILES string of the molecule is CC(=O)c1ccc(S(=O)(=O)NCc2ccc(C(=O)N3CCS(=O)CC3)cc2)cc1. The third-order valence-corrected chi connectivity index (χ3v) is 7.40. The van der Waals surface area contributed by atoms with Crippen LogP contribution < -0.4 is 4.72 Å². The van der Waals surface area contributed by atoms with Gasteiger partial charge in [0.05, 0.1) is 4.90 Å². The zero-order valence-corrected chi connectivity index (χ0v) is 17.6. The minimum absolute atomic E-state index is 0.0773. The molecule has 2 aromatic rings. The summed E-state index contributed by atoms with van der Waals surface area (Å²) in [6, 6.07) is 12.5. The molecule has 154 valence electrons. The fourth-order valence-corrected chi connectivity index (χ4v) is 4.99. The summed E-state index contributed by atoms with van der Waals surface area (Å²) < 4.78 is 38.8. The Labute approximate surface area is 172 Å². The molecule has 0 aliphatic carbocycles. The lowest BCUT2D eigenvalue weighted by atomic mass is 10.1. The van der Waals surface area contributed by atoms with E-state index in [1.165, 1.54) is 31.2 Å². The van der Waals surface area contributed by atoms with Crippen LogP contribution in [0.3, 0.4) is 0 Å². The summed E-state index contributed by atoms with van der Waals surface area (Å²) in [4.78, 5) is 25.6. The van der Waals surface area contributed by atoms with E-state index in [9.17, 15) is 22.2 Å². The normalized spacial score (nSPS) is 15.3. The largest absolute Gasteiger partial charge is 0.337 e. The first-order valence-electron chi connectivity index (χ1n) is 9.10. The Hall–Kier alpha value is -2.36. The van der Waals surface area contributed by atoms with Crippen molar-refractivity contribution in [3.05, 3.63) is 65.2 Å². The van der Waals surface area contributed by atoms with Crippen molar-refractivity contribution in [1.29, 1.82) is 0 Å². The van der Waals surface area contributed by atoms with Gasteiger partial charge in [-0.2, -0.15) is 0 Å².